The Labute approximate surface area is 178 Å². The van der Waals surface area contributed by atoms with Gasteiger partial charge >= 0.3 is 0 Å². The Bertz CT molecular complexity index is 978. The lowest BCUT2D eigenvalue weighted by atomic mass is 9.84. The van der Waals surface area contributed by atoms with Gasteiger partial charge in [0.2, 0.25) is 0 Å². The minimum atomic E-state index is 0.461. The Balaban J connectivity index is 1.22. The number of rotatable bonds is 8. The minimum absolute atomic E-state index is 0.461. The molecule has 2 aliphatic heterocycles. The number of hydrogen-bond acceptors (Lipinski definition) is 5. The first-order valence-corrected chi connectivity index (χ1v) is 11.5. The van der Waals surface area contributed by atoms with Crippen LogP contribution in [0.15, 0.2) is 30.5 Å². The van der Waals surface area contributed by atoms with Crippen molar-refractivity contribution in [3.8, 4) is 0 Å². The average Bonchev–Trinajstić information content (AvgIpc) is 2.91. The SMILES string of the molecule is COCc1nnc(NCCCCN2CC3CCC(CC3)C2)c2cc3ccccn3c12. The molecule has 0 unspecified atom stereocenters. The molecule has 2 bridgehead atoms. The molecule has 1 saturated carbocycles. The molecule has 6 rings (SSSR count). The van der Waals surface area contributed by atoms with Gasteiger partial charge < -0.3 is 19.4 Å². The maximum absolute atomic E-state index is 5.35. The van der Waals surface area contributed by atoms with Crippen molar-refractivity contribution in [1.29, 1.82) is 0 Å². The number of hydrogen-bond donors (Lipinski definition) is 1. The van der Waals surface area contributed by atoms with E-state index >= 15 is 0 Å². The number of unbranched alkanes of at least 4 members (excludes halogenated alkanes) is 1. The largest absolute Gasteiger partial charge is 0.378 e. The molecule has 0 radical (unpaired) electrons. The van der Waals surface area contributed by atoms with Gasteiger partial charge in [0.05, 0.1) is 12.1 Å². The van der Waals surface area contributed by atoms with Gasteiger partial charge in [0.15, 0.2) is 5.82 Å². The summed E-state index contributed by atoms with van der Waals surface area (Å²) >= 11 is 0. The van der Waals surface area contributed by atoms with E-state index in [0.717, 1.165) is 52.7 Å². The third-order valence-corrected chi connectivity index (χ3v) is 6.95. The number of nitrogens with zero attached hydrogens (tertiary/aromatic N) is 4. The first-order valence-electron chi connectivity index (χ1n) is 11.5. The molecule has 0 atom stereocenters. The zero-order chi connectivity index (χ0) is 20.3. The van der Waals surface area contributed by atoms with Crippen molar-refractivity contribution in [2.45, 2.75) is 45.1 Å². The van der Waals surface area contributed by atoms with Crippen LogP contribution in [0.2, 0.25) is 0 Å². The van der Waals surface area contributed by atoms with Crippen LogP contribution >= 0.6 is 0 Å². The highest BCUT2D eigenvalue weighted by Crippen LogP contribution is 2.34. The maximum Gasteiger partial charge on any atom is 0.158 e. The van der Waals surface area contributed by atoms with E-state index in [1.807, 2.05) is 6.07 Å². The molecule has 2 saturated heterocycles. The number of anilines is 1. The molecule has 160 valence electrons. The summed E-state index contributed by atoms with van der Waals surface area (Å²) in [5.41, 5.74) is 3.11. The second-order valence-electron chi connectivity index (χ2n) is 9.11. The van der Waals surface area contributed by atoms with E-state index in [1.54, 1.807) is 7.11 Å². The molecule has 3 aromatic heterocycles. The second-order valence-corrected chi connectivity index (χ2v) is 9.11. The number of nitrogens with one attached hydrogen (secondary N) is 1. The number of ether oxygens (including phenoxy) is 1. The molecule has 6 nitrogen and oxygen atoms in total. The van der Waals surface area contributed by atoms with Gasteiger partial charge in [-0.1, -0.05) is 6.07 Å². The Hall–Kier alpha value is -2.18. The average molecular weight is 408 g/mol. The van der Waals surface area contributed by atoms with Crippen LogP contribution in [0.5, 0.6) is 0 Å². The van der Waals surface area contributed by atoms with Gasteiger partial charge in [-0.25, -0.2) is 0 Å². The van der Waals surface area contributed by atoms with Crippen LogP contribution in [-0.4, -0.2) is 52.8 Å². The first-order chi connectivity index (χ1) is 14.8. The Morgan fingerprint density at radius 3 is 2.63 bits per heavy atom. The van der Waals surface area contributed by atoms with Crippen molar-refractivity contribution < 1.29 is 4.74 Å². The molecule has 3 fully saturated rings. The van der Waals surface area contributed by atoms with E-state index in [2.05, 4.69) is 49.2 Å². The normalized spacial score (nSPS) is 22.0. The van der Waals surface area contributed by atoms with Gasteiger partial charge in [0.25, 0.3) is 0 Å². The Morgan fingerprint density at radius 1 is 1.07 bits per heavy atom. The van der Waals surface area contributed by atoms with Crippen molar-refractivity contribution in [3.05, 3.63) is 36.2 Å². The van der Waals surface area contributed by atoms with Crippen LogP contribution in [0, 0.1) is 11.8 Å². The third-order valence-electron chi connectivity index (χ3n) is 6.95. The van der Waals surface area contributed by atoms with E-state index in [0.29, 0.717) is 6.61 Å². The fourth-order valence-corrected chi connectivity index (χ4v) is 5.43. The first kappa shape index (κ1) is 19.8. The van der Waals surface area contributed by atoms with Crippen LogP contribution in [-0.2, 0) is 11.3 Å². The molecule has 3 aromatic rings. The monoisotopic (exact) mass is 407 g/mol. The van der Waals surface area contributed by atoms with Crippen molar-refractivity contribution in [2.75, 3.05) is 38.6 Å². The zero-order valence-corrected chi connectivity index (χ0v) is 18.0. The lowest BCUT2D eigenvalue weighted by Crippen LogP contribution is -2.29. The highest BCUT2D eigenvalue weighted by Gasteiger charge is 2.28. The van der Waals surface area contributed by atoms with E-state index in [-0.39, 0.29) is 0 Å². The van der Waals surface area contributed by atoms with Gasteiger partial charge in [0, 0.05) is 43.8 Å². The van der Waals surface area contributed by atoms with E-state index in [1.165, 1.54) is 51.7 Å². The molecule has 0 aromatic carbocycles. The topological polar surface area (TPSA) is 54.7 Å². The number of aromatic nitrogens is 3. The van der Waals surface area contributed by atoms with Crippen LogP contribution in [0.3, 0.4) is 0 Å². The molecule has 30 heavy (non-hydrogen) atoms. The summed E-state index contributed by atoms with van der Waals surface area (Å²) in [6.07, 6.45) is 10.3. The van der Waals surface area contributed by atoms with E-state index in [9.17, 15) is 0 Å². The number of pyridine rings is 1. The quantitative estimate of drug-likeness (QED) is 0.563. The summed E-state index contributed by atoms with van der Waals surface area (Å²) in [7, 11) is 1.70. The summed E-state index contributed by atoms with van der Waals surface area (Å²) in [6, 6.07) is 8.42. The Morgan fingerprint density at radius 2 is 1.87 bits per heavy atom. The van der Waals surface area contributed by atoms with Gasteiger partial charge in [-0.3, -0.25) is 0 Å². The van der Waals surface area contributed by atoms with Gasteiger partial charge in [-0.15, -0.1) is 10.2 Å². The Kier molecular flexibility index (Phi) is 5.86. The smallest absolute Gasteiger partial charge is 0.158 e. The predicted molar refractivity (Wildman–Crippen MR) is 121 cm³/mol. The predicted octanol–water partition coefficient (Wildman–Crippen LogP) is 4.34. The van der Waals surface area contributed by atoms with E-state index < -0.39 is 0 Å². The number of methoxy groups -OCH3 is 1. The number of fused-ring (bicyclic) bond motifs is 7. The summed E-state index contributed by atoms with van der Waals surface area (Å²) < 4.78 is 7.53. The van der Waals surface area contributed by atoms with Crippen LogP contribution < -0.4 is 5.32 Å². The molecule has 0 amide bonds. The molecular weight excluding hydrogens is 374 g/mol. The summed E-state index contributed by atoms with van der Waals surface area (Å²) in [6.45, 7) is 5.28. The van der Waals surface area contributed by atoms with Crippen LogP contribution in [0.4, 0.5) is 5.82 Å². The lowest BCUT2D eigenvalue weighted by Gasteiger charge is -2.22. The molecule has 0 spiro atoms. The molecule has 5 heterocycles. The molecule has 6 heteroatoms. The molecule has 3 aliphatic rings. The highest BCUT2D eigenvalue weighted by atomic mass is 16.5. The fraction of sp³-hybridized carbons (Fsp3) is 0.583. The van der Waals surface area contributed by atoms with Crippen LogP contribution in [0.1, 0.15) is 44.2 Å². The highest BCUT2D eigenvalue weighted by molar-refractivity contribution is 5.96. The molecular formula is C24H33N5O. The van der Waals surface area contributed by atoms with Crippen LogP contribution in [0.25, 0.3) is 16.4 Å². The minimum Gasteiger partial charge on any atom is -0.378 e. The van der Waals surface area contributed by atoms with Gasteiger partial charge in [-0.05, 0) is 75.1 Å². The zero-order valence-electron chi connectivity index (χ0n) is 18.0. The lowest BCUT2D eigenvalue weighted by molar-refractivity contribution is 0.181. The van der Waals surface area contributed by atoms with Gasteiger partial charge in [0.1, 0.15) is 5.69 Å². The molecule has 1 N–H and O–H groups in total. The van der Waals surface area contributed by atoms with Crippen molar-refractivity contribution >= 4 is 22.2 Å². The summed E-state index contributed by atoms with van der Waals surface area (Å²) in [4.78, 5) is 2.73. The van der Waals surface area contributed by atoms with Crippen molar-refractivity contribution in [2.24, 2.45) is 11.8 Å². The fourth-order valence-electron chi connectivity index (χ4n) is 5.43. The summed E-state index contributed by atoms with van der Waals surface area (Å²) in [5, 5.41) is 13.6. The molecule has 1 aliphatic carbocycles. The van der Waals surface area contributed by atoms with Gasteiger partial charge in [-0.2, -0.15) is 0 Å². The maximum atomic E-state index is 5.35. The van der Waals surface area contributed by atoms with Crippen molar-refractivity contribution in [3.63, 3.8) is 0 Å². The van der Waals surface area contributed by atoms with Crippen molar-refractivity contribution in [1.82, 2.24) is 19.5 Å². The standard InChI is InChI=1S/C24H33N5O/c1-30-17-22-23-21(14-20-6-2-4-13-29(20)23)24(27-26-22)25-11-3-5-12-28-15-18-7-8-19(16-28)10-9-18/h2,4,6,13-14,18-19H,3,5,7-12,15-17H2,1H3,(H,25,27). The second kappa shape index (κ2) is 8.90. The summed E-state index contributed by atoms with van der Waals surface area (Å²) in [5.74, 6) is 2.79. The third kappa shape index (κ3) is 4.03. The van der Waals surface area contributed by atoms with E-state index in [4.69, 9.17) is 4.74 Å².